The van der Waals surface area contributed by atoms with Crippen molar-refractivity contribution in [3.63, 3.8) is 0 Å². The maximum absolute atomic E-state index is 12.9. The molecule has 30 heavy (non-hydrogen) atoms. The first-order valence-corrected chi connectivity index (χ1v) is 11.2. The van der Waals surface area contributed by atoms with E-state index in [-0.39, 0.29) is 17.7 Å². The van der Waals surface area contributed by atoms with E-state index in [2.05, 4.69) is 49.1 Å². The molecule has 3 rings (SSSR count). The van der Waals surface area contributed by atoms with Crippen LogP contribution in [0.3, 0.4) is 0 Å². The maximum Gasteiger partial charge on any atom is 0.269 e. The summed E-state index contributed by atoms with van der Waals surface area (Å²) in [7, 11) is 2.11. The van der Waals surface area contributed by atoms with Crippen LogP contribution in [0.4, 0.5) is 0 Å². The molecule has 2 amide bonds. The normalized spacial score (nSPS) is 25.2. The molecule has 1 aliphatic heterocycles. The Morgan fingerprint density at radius 2 is 1.93 bits per heavy atom. The Bertz CT molecular complexity index is 754. The second kappa shape index (κ2) is 10.2. The van der Waals surface area contributed by atoms with Crippen molar-refractivity contribution in [3.05, 3.63) is 41.7 Å². The zero-order chi connectivity index (χ0) is 21.7. The van der Waals surface area contributed by atoms with Gasteiger partial charge in [-0.25, -0.2) is 0 Å². The molecule has 1 N–H and O–H groups in total. The van der Waals surface area contributed by atoms with Crippen LogP contribution in [0.25, 0.3) is 0 Å². The number of likely N-dealkylation sites (N-methyl/N-ethyl adjacent to an activating group) is 1. The first-order chi connectivity index (χ1) is 14.3. The van der Waals surface area contributed by atoms with E-state index in [9.17, 15) is 9.59 Å². The second-order valence-corrected chi connectivity index (χ2v) is 9.23. The number of carbonyl (C=O) groups is 2. The number of allylic oxidation sites excluding steroid dienone is 1. The van der Waals surface area contributed by atoms with Crippen LogP contribution in [-0.2, 0) is 4.79 Å². The van der Waals surface area contributed by atoms with E-state index in [0.29, 0.717) is 36.4 Å². The van der Waals surface area contributed by atoms with Crippen LogP contribution in [0.2, 0.25) is 0 Å². The van der Waals surface area contributed by atoms with Gasteiger partial charge in [-0.2, -0.15) is 0 Å². The zero-order valence-corrected chi connectivity index (χ0v) is 18.8. The number of nitrogens with one attached hydrogen (secondary N) is 1. The van der Waals surface area contributed by atoms with Gasteiger partial charge in [-0.1, -0.05) is 31.6 Å². The van der Waals surface area contributed by atoms with Crippen LogP contribution in [0.1, 0.15) is 44.1 Å². The van der Waals surface area contributed by atoms with Crippen LogP contribution in [0.5, 0.6) is 0 Å². The summed E-state index contributed by atoms with van der Waals surface area (Å²) < 4.78 is 0. The summed E-state index contributed by atoms with van der Waals surface area (Å²) in [5, 5.41) is 3.06. The number of rotatable bonds is 6. The zero-order valence-electron chi connectivity index (χ0n) is 18.8. The van der Waals surface area contributed by atoms with Crippen molar-refractivity contribution in [2.24, 2.45) is 23.7 Å². The molecule has 0 aromatic carbocycles. The number of piperazine rings is 1. The smallest absolute Gasteiger partial charge is 0.269 e. The Kier molecular flexibility index (Phi) is 7.64. The Hall–Kier alpha value is -2.21. The highest BCUT2D eigenvalue weighted by Gasteiger charge is 2.33. The molecule has 164 valence electrons. The summed E-state index contributed by atoms with van der Waals surface area (Å²) >= 11 is 0. The molecule has 6 nitrogen and oxygen atoms in total. The quantitative estimate of drug-likeness (QED) is 0.730. The number of hydrogen-bond acceptors (Lipinski definition) is 4. The fourth-order valence-electron chi connectivity index (χ4n) is 4.70. The van der Waals surface area contributed by atoms with Crippen molar-refractivity contribution < 1.29 is 9.59 Å². The lowest BCUT2D eigenvalue weighted by Gasteiger charge is -2.38. The number of aromatic nitrogens is 1. The largest absolute Gasteiger partial charge is 0.350 e. The predicted octanol–water partition coefficient (Wildman–Crippen LogP) is 2.83. The SMILES string of the molecule is CC1=C[C@@H](CNC(=O)c2ccccn2)[C@H](C(C)C)C[C@H]1CC(=O)N1CCN(C)CC1. The van der Waals surface area contributed by atoms with E-state index < -0.39 is 0 Å². The third-order valence-corrected chi connectivity index (χ3v) is 6.76. The maximum atomic E-state index is 12.9. The van der Waals surface area contributed by atoms with Gasteiger partial charge in [0, 0.05) is 45.3 Å². The van der Waals surface area contributed by atoms with Crippen molar-refractivity contribution in [2.75, 3.05) is 39.8 Å². The molecule has 0 spiro atoms. The van der Waals surface area contributed by atoms with E-state index in [4.69, 9.17) is 0 Å². The fourth-order valence-corrected chi connectivity index (χ4v) is 4.70. The van der Waals surface area contributed by atoms with Crippen LogP contribution in [0.15, 0.2) is 36.0 Å². The van der Waals surface area contributed by atoms with E-state index in [1.807, 2.05) is 17.0 Å². The second-order valence-electron chi connectivity index (χ2n) is 9.23. The minimum Gasteiger partial charge on any atom is -0.350 e. The molecule has 6 heteroatoms. The molecule has 0 unspecified atom stereocenters. The van der Waals surface area contributed by atoms with Gasteiger partial charge in [0.1, 0.15) is 5.69 Å². The Balaban J connectivity index is 1.61. The Morgan fingerprint density at radius 1 is 1.20 bits per heavy atom. The van der Waals surface area contributed by atoms with Crippen LogP contribution >= 0.6 is 0 Å². The topological polar surface area (TPSA) is 65.5 Å². The molecular weight excluding hydrogens is 376 g/mol. The number of nitrogens with zero attached hydrogens (tertiary/aromatic N) is 3. The minimum absolute atomic E-state index is 0.128. The van der Waals surface area contributed by atoms with Gasteiger partial charge in [-0.05, 0) is 56.2 Å². The van der Waals surface area contributed by atoms with Gasteiger partial charge in [0.25, 0.3) is 5.91 Å². The summed E-state index contributed by atoms with van der Waals surface area (Å²) in [6.07, 6.45) is 5.54. The van der Waals surface area contributed by atoms with Crippen molar-refractivity contribution in [1.82, 2.24) is 20.1 Å². The van der Waals surface area contributed by atoms with Crippen molar-refractivity contribution >= 4 is 11.8 Å². The minimum atomic E-state index is -0.128. The molecular formula is C24H36N4O2. The molecule has 3 atom stereocenters. The highest BCUT2D eigenvalue weighted by molar-refractivity contribution is 5.92. The van der Waals surface area contributed by atoms with Crippen LogP contribution < -0.4 is 5.32 Å². The molecule has 1 fully saturated rings. The number of pyridine rings is 1. The van der Waals surface area contributed by atoms with Gasteiger partial charge in [0.05, 0.1) is 0 Å². The van der Waals surface area contributed by atoms with E-state index in [1.165, 1.54) is 5.57 Å². The molecule has 1 aromatic rings. The van der Waals surface area contributed by atoms with Gasteiger partial charge in [-0.3, -0.25) is 14.6 Å². The van der Waals surface area contributed by atoms with Gasteiger partial charge >= 0.3 is 0 Å². The Morgan fingerprint density at radius 3 is 2.57 bits per heavy atom. The van der Waals surface area contributed by atoms with Gasteiger partial charge in [0.2, 0.25) is 5.91 Å². The summed E-state index contributed by atoms with van der Waals surface area (Å²) in [6.45, 7) is 10.8. The van der Waals surface area contributed by atoms with Crippen LogP contribution in [-0.4, -0.2) is 66.4 Å². The van der Waals surface area contributed by atoms with E-state index in [1.54, 1.807) is 12.3 Å². The number of hydrogen-bond donors (Lipinski definition) is 1. The first kappa shape index (κ1) is 22.5. The van der Waals surface area contributed by atoms with Gasteiger partial charge < -0.3 is 15.1 Å². The fraction of sp³-hybridized carbons (Fsp3) is 0.625. The average Bonchev–Trinajstić information content (AvgIpc) is 2.74. The number of carbonyl (C=O) groups excluding carboxylic acids is 2. The summed E-state index contributed by atoms with van der Waals surface area (Å²) in [4.78, 5) is 33.7. The third kappa shape index (κ3) is 5.69. The third-order valence-electron chi connectivity index (χ3n) is 6.76. The average molecular weight is 413 g/mol. The first-order valence-electron chi connectivity index (χ1n) is 11.2. The monoisotopic (exact) mass is 412 g/mol. The summed E-state index contributed by atoms with van der Waals surface area (Å²) in [5.41, 5.74) is 1.73. The molecule has 1 aliphatic carbocycles. The molecule has 1 aromatic heterocycles. The lowest BCUT2D eigenvalue weighted by atomic mass is 9.69. The molecule has 2 aliphatic rings. The van der Waals surface area contributed by atoms with Gasteiger partial charge in [0.15, 0.2) is 0 Å². The van der Waals surface area contributed by atoms with E-state index in [0.717, 1.165) is 32.6 Å². The lowest BCUT2D eigenvalue weighted by molar-refractivity contribution is -0.133. The van der Waals surface area contributed by atoms with Crippen LogP contribution in [0, 0.1) is 23.7 Å². The predicted molar refractivity (Wildman–Crippen MR) is 119 cm³/mol. The van der Waals surface area contributed by atoms with Gasteiger partial charge in [-0.15, -0.1) is 0 Å². The number of amides is 2. The van der Waals surface area contributed by atoms with E-state index >= 15 is 0 Å². The molecule has 0 bridgehead atoms. The highest BCUT2D eigenvalue weighted by Crippen LogP contribution is 2.39. The molecule has 0 saturated carbocycles. The molecule has 2 heterocycles. The van der Waals surface area contributed by atoms with Crippen molar-refractivity contribution in [2.45, 2.75) is 33.6 Å². The summed E-state index contributed by atoms with van der Waals surface area (Å²) in [5.74, 6) is 1.68. The lowest BCUT2D eigenvalue weighted by Crippen LogP contribution is -2.47. The molecule has 0 radical (unpaired) electrons. The van der Waals surface area contributed by atoms with Crippen molar-refractivity contribution in [1.29, 1.82) is 0 Å². The summed E-state index contributed by atoms with van der Waals surface area (Å²) in [6, 6.07) is 5.37. The Labute approximate surface area is 180 Å². The highest BCUT2D eigenvalue weighted by atomic mass is 16.2. The molecule has 1 saturated heterocycles. The standard InChI is InChI=1S/C24H36N4O2/c1-17(2)21-14-19(15-23(29)28-11-9-27(4)10-12-28)18(3)13-20(21)16-26-24(30)22-7-5-6-8-25-22/h5-8,13,17,19-21H,9-12,14-16H2,1-4H3,(H,26,30)/t19-,20-,21-/m0/s1. The van der Waals surface area contributed by atoms with Crippen molar-refractivity contribution in [3.8, 4) is 0 Å².